The molecule has 96 valence electrons. The number of aliphatic hydroxyl groups is 1. The van der Waals surface area contributed by atoms with Gasteiger partial charge in [-0.2, -0.15) is 0 Å². The van der Waals surface area contributed by atoms with Gasteiger partial charge in [0, 0.05) is 0 Å². The van der Waals surface area contributed by atoms with Crippen molar-refractivity contribution in [3.05, 3.63) is 34.2 Å². The number of methoxy groups -OCH3 is 1. The van der Waals surface area contributed by atoms with Gasteiger partial charge >= 0.3 is 5.97 Å². The molecule has 18 heavy (non-hydrogen) atoms. The number of sulfone groups is 1. The lowest BCUT2D eigenvalue weighted by atomic mass is 10.1. The summed E-state index contributed by atoms with van der Waals surface area (Å²) in [5.41, 5.74) is 1.26. The first-order valence-electron chi connectivity index (χ1n) is 5.21. The minimum absolute atomic E-state index is 0.112. The highest BCUT2D eigenvalue weighted by atomic mass is 32.2. The number of aliphatic hydroxyl groups excluding tert-OH is 1. The summed E-state index contributed by atoms with van der Waals surface area (Å²) >= 11 is 0. The Morgan fingerprint density at radius 2 is 2.06 bits per heavy atom. The molecule has 2 rings (SSSR count). The van der Waals surface area contributed by atoms with Gasteiger partial charge in [0.2, 0.25) is 9.84 Å². The molecule has 0 amide bonds. The second-order valence-electron chi connectivity index (χ2n) is 4.02. The normalized spacial score (nSPS) is 17.8. The molecule has 0 saturated heterocycles. The molecule has 1 aliphatic heterocycles. The van der Waals surface area contributed by atoms with Crippen LogP contribution in [-0.2, 0) is 19.4 Å². The lowest BCUT2D eigenvalue weighted by Gasteiger charge is -2.09. The summed E-state index contributed by atoms with van der Waals surface area (Å²) in [6.45, 7) is 1.77. The maximum Gasteiger partial charge on any atom is 0.340 e. The molecule has 1 aromatic carbocycles. The molecule has 1 atom stereocenters. The van der Waals surface area contributed by atoms with E-state index < -0.39 is 21.9 Å². The Morgan fingerprint density at radius 3 is 2.67 bits per heavy atom. The zero-order valence-corrected chi connectivity index (χ0v) is 10.7. The van der Waals surface area contributed by atoms with Crippen molar-refractivity contribution >= 4 is 21.9 Å². The summed E-state index contributed by atoms with van der Waals surface area (Å²) in [7, 11) is -2.72. The Hall–Kier alpha value is -1.66. The van der Waals surface area contributed by atoms with Gasteiger partial charge in [-0.15, -0.1) is 0 Å². The third kappa shape index (κ3) is 1.83. The fraction of sp³-hybridized carbons (Fsp3) is 0.250. The summed E-state index contributed by atoms with van der Waals surface area (Å²) in [6.07, 6.45) is -0.487. The first-order valence-corrected chi connectivity index (χ1v) is 6.69. The first-order chi connectivity index (χ1) is 8.37. The van der Waals surface area contributed by atoms with E-state index in [0.29, 0.717) is 5.56 Å². The van der Waals surface area contributed by atoms with Gasteiger partial charge in [-0.1, -0.05) is 12.1 Å². The summed E-state index contributed by atoms with van der Waals surface area (Å²) in [5, 5.41) is 9.67. The van der Waals surface area contributed by atoms with E-state index in [2.05, 4.69) is 4.74 Å². The van der Waals surface area contributed by atoms with Crippen LogP contribution in [-0.4, -0.2) is 32.7 Å². The summed E-state index contributed by atoms with van der Waals surface area (Å²) in [5.74, 6) is -0.991. The molecule has 0 spiro atoms. The number of fused-ring (bicyclic) bond motifs is 1. The van der Waals surface area contributed by atoms with Crippen LogP contribution in [0, 0.1) is 6.92 Å². The lowest BCUT2D eigenvalue weighted by molar-refractivity contribution is -0.147. The number of benzene rings is 1. The molecule has 0 saturated carbocycles. The van der Waals surface area contributed by atoms with Gasteiger partial charge in [0.15, 0.2) is 6.10 Å². The van der Waals surface area contributed by atoms with Crippen LogP contribution in [0.25, 0.3) is 6.08 Å². The molecule has 0 aliphatic carbocycles. The minimum atomic E-state index is -3.81. The van der Waals surface area contributed by atoms with Crippen LogP contribution in [0.4, 0.5) is 0 Å². The maximum absolute atomic E-state index is 12.2. The van der Waals surface area contributed by atoms with Crippen molar-refractivity contribution in [2.45, 2.75) is 17.9 Å². The number of hydrogen-bond donors (Lipinski definition) is 1. The number of carbonyl (C=O) groups excluding carboxylic acids is 1. The molecular weight excluding hydrogens is 256 g/mol. The lowest BCUT2D eigenvalue weighted by Crippen LogP contribution is -2.26. The predicted octanol–water partition coefficient (Wildman–Crippen LogP) is 0.657. The van der Waals surface area contributed by atoms with E-state index in [0.717, 1.165) is 12.7 Å². The summed E-state index contributed by atoms with van der Waals surface area (Å²) in [6, 6.07) is 4.91. The van der Waals surface area contributed by atoms with Crippen LogP contribution in [0.5, 0.6) is 0 Å². The average Bonchev–Trinajstić information content (AvgIpc) is 2.59. The van der Waals surface area contributed by atoms with E-state index >= 15 is 0 Å². The van der Waals surface area contributed by atoms with Crippen molar-refractivity contribution in [3.8, 4) is 0 Å². The molecule has 0 bridgehead atoms. The van der Waals surface area contributed by atoms with Gasteiger partial charge in [-0.3, -0.25) is 0 Å². The van der Waals surface area contributed by atoms with E-state index in [1.54, 1.807) is 19.1 Å². The van der Waals surface area contributed by atoms with Crippen molar-refractivity contribution < 1.29 is 23.1 Å². The second-order valence-corrected chi connectivity index (χ2v) is 5.94. The van der Waals surface area contributed by atoms with Crippen molar-refractivity contribution in [1.82, 2.24) is 0 Å². The van der Waals surface area contributed by atoms with E-state index in [9.17, 15) is 18.3 Å². The highest BCUT2D eigenvalue weighted by Gasteiger charge is 2.37. The highest BCUT2D eigenvalue weighted by molar-refractivity contribution is 7.96. The topological polar surface area (TPSA) is 80.7 Å². The molecular formula is C12H12O5S. The number of rotatable bonds is 2. The van der Waals surface area contributed by atoms with Gasteiger partial charge in [-0.05, 0) is 30.2 Å². The average molecular weight is 268 g/mol. The highest BCUT2D eigenvalue weighted by Crippen LogP contribution is 2.35. The van der Waals surface area contributed by atoms with Crippen molar-refractivity contribution in [2.24, 2.45) is 0 Å². The first kappa shape index (κ1) is 12.8. The van der Waals surface area contributed by atoms with Gasteiger partial charge in [0.05, 0.1) is 16.9 Å². The van der Waals surface area contributed by atoms with Crippen molar-refractivity contribution in [2.75, 3.05) is 7.11 Å². The van der Waals surface area contributed by atoms with Crippen LogP contribution in [0.2, 0.25) is 0 Å². The number of esters is 1. The van der Waals surface area contributed by atoms with Crippen molar-refractivity contribution in [3.63, 3.8) is 0 Å². The van der Waals surface area contributed by atoms with Gasteiger partial charge in [0.1, 0.15) is 0 Å². The van der Waals surface area contributed by atoms with Gasteiger partial charge in [0.25, 0.3) is 0 Å². The van der Waals surface area contributed by atoms with Crippen molar-refractivity contribution in [1.29, 1.82) is 0 Å². The van der Waals surface area contributed by atoms with Crippen LogP contribution in [0.1, 0.15) is 11.1 Å². The molecule has 1 aliphatic rings. The van der Waals surface area contributed by atoms with Crippen LogP contribution >= 0.6 is 0 Å². The molecule has 6 heteroatoms. The Balaban J connectivity index is 2.54. The number of hydrogen-bond acceptors (Lipinski definition) is 5. The van der Waals surface area contributed by atoms with Crippen LogP contribution < -0.4 is 0 Å². The molecule has 0 aromatic heterocycles. The second kappa shape index (κ2) is 4.22. The number of aryl methyl sites for hydroxylation is 1. The predicted molar refractivity (Wildman–Crippen MR) is 64.4 cm³/mol. The zero-order chi connectivity index (χ0) is 13.5. The molecule has 5 nitrogen and oxygen atoms in total. The molecule has 0 fully saturated rings. The summed E-state index contributed by atoms with van der Waals surface area (Å²) < 4.78 is 28.7. The zero-order valence-electron chi connectivity index (χ0n) is 9.88. The molecule has 0 radical (unpaired) electrons. The van der Waals surface area contributed by atoms with Gasteiger partial charge < -0.3 is 9.84 Å². The van der Waals surface area contributed by atoms with Crippen LogP contribution in [0.3, 0.4) is 0 Å². The fourth-order valence-corrected chi connectivity index (χ4v) is 3.51. The smallest absolute Gasteiger partial charge is 0.340 e. The van der Waals surface area contributed by atoms with Gasteiger partial charge in [-0.25, -0.2) is 13.2 Å². The molecule has 1 unspecified atom stereocenters. The fourth-order valence-electron chi connectivity index (χ4n) is 1.81. The maximum atomic E-state index is 12.2. The Labute approximate surface area is 105 Å². The third-order valence-electron chi connectivity index (χ3n) is 2.76. The Morgan fingerprint density at radius 1 is 1.39 bits per heavy atom. The van der Waals surface area contributed by atoms with E-state index in [1.165, 1.54) is 12.1 Å². The third-order valence-corrected chi connectivity index (χ3v) is 4.65. The molecule has 1 aromatic rings. The molecule has 1 N–H and O–H groups in total. The Kier molecular flexibility index (Phi) is 3.00. The van der Waals surface area contributed by atoms with E-state index in [1.807, 2.05) is 0 Å². The SMILES string of the molecule is COC(=O)C(O)C1=Cc2ccc(C)cc2S1(=O)=O. The van der Waals surface area contributed by atoms with Crippen LogP contribution in [0.15, 0.2) is 28.0 Å². The number of ether oxygens (including phenoxy) is 1. The number of carbonyl (C=O) groups is 1. The van der Waals surface area contributed by atoms with E-state index in [-0.39, 0.29) is 9.80 Å². The largest absolute Gasteiger partial charge is 0.467 e. The quantitative estimate of drug-likeness (QED) is 0.797. The standard InChI is InChI=1S/C12H12O5S/c1-7-3-4-8-6-10(11(13)12(14)17-2)18(15,16)9(8)5-7/h3-6,11,13H,1-2H3. The van der Waals surface area contributed by atoms with E-state index in [4.69, 9.17) is 0 Å². The summed E-state index contributed by atoms with van der Waals surface area (Å²) in [4.78, 5) is 11.0. The monoisotopic (exact) mass is 268 g/mol. The Bertz CT molecular complexity index is 642. The molecule has 1 heterocycles. The minimum Gasteiger partial charge on any atom is -0.467 e.